The lowest BCUT2D eigenvalue weighted by molar-refractivity contribution is -0.0617. The lowest BCUT2D eigenvalue weighted by Crippen LogP contribution is -2.43. The summed E-state index contributed by atoms with van der Waals surface area (Å²) in [5.74, 6) is 1.15. The fourth-order valence-electron chi connectivity index (χ4n) is 4.59. The molecule has 0 spiro atoms. The first kappa shape index (κ1) is 25.0. The van der Waals surface area contributed by atoms with Crippen LogP contribution in [0.2, 0.25) is 0 Å². The van der Waals surface area contributed by atoms with Crippen LogP contribution in [0.15, 0.2) is 0 Å². The van der Waals surface area contributed by atoms with E-state index in [4.69, 9.17) is 4.74 Å². The number of hydrogen-bond acceptors (Lipinski definition) is 1. The molecule has 152 valence electrons. The molecule has 4 atom stereocenters. The van der Waals surface area contributed by atoms with Gasteiger partial charge in [0.15, 0.2) is 0 Å². The largest absolute Gasteiger partial charge is 0.381 e. The van der Waals surface area contributed by atoms with Gasteiger partial charge in [-0.05, 0) is 46.3 Å². The van der Waals surface area contributed by atoms with Crippen LogP contribution in [0.3, 0.4) is 0 Å². The van der Waals surface area contributed by atoms with Gasteiger partial charge in [0, 0.05) is 13.2 Å². The SMILES string of the molecule is CCC(C)(C)C(C)(CC)C(C)COCC(C)C(C)(CC)C(C)(C)CC. The van der Waals surface area contributed by atoms with Crippen molar-refractivity contribution in [1.29, 1.82) is 0 Å². The van der Waals surface area contributed by atoms with Gasteiger partial charge in [0.2, 0.25) is 0 Å². The van der Waals surface area contributed by atoms with E-state index in [9.17, 15) is 0 Å². The summed E-state index contributed by atoms with van der Waals surface area (Å²) in [4.78, 5) is 0. The van der Waals surface area contributed by atoms with Crippen molar-refractivity contribution in [3.63, 3.8) is 0 Å². The van der Waals surface area contributed by atoms with Gasteiger partial charge >= 0.3 is 0 Å². The van der Waals surface area contributed by atoms with Gasteiger partial charge < -0.3 is 4.74 Å². The third kappa shape index (κ3) is 5.02. The van der Waals surface area contributed by atoms with Crippen LogP contribution in [0.4, 0.5) is 0 Å². The van der Waals surface area contributed by atoms with E-state index < -0.39 is 0 Å². The molecule has 0 aliphatic carbocycles. The molecule has 1 heteroatoms. The molecule has 0 aliphatic heterocycles. The van der Waals surface area contributed by atoms with E-state index in [2.05, 4.69) is 83.1 Å². The molecule has 1 nitrogen and oxygen atoms in total. The lowest BCUT2D eigenvalue weighted by atomic mass is 9.58. The number of ether oxygens (including phenoxy) is 1. The highest BCUT2D eigenvalue weighted by Crippen LogP contribution is 2.51. The molecular weight excluding hydrogens is 304 g/mol. The Kier molecular flexibility index (Phi) is 9.23. The van der Waals surface area contributed by atoms with Crippen LogP contribution in [0.1, 0.15) is 109 Å². The van der Waals surface area contributed by atoms with Crippen LogP contribution in [0, 0.1) is 33.5 Å². The quantitative estimate of drug-likeness (QED) is 0.345. The highest BCUT2D eigenvalue weighted by molar-refractivity contribution is 4.93. The van der Waals surface area contributed by atoms with Crippen molar-refractivity contribution in [3.05, 3.63) is 0 Å². The van der Waals surface area contributed by atoms with E-state index in [1.165, 1.54) is 25.7 Å². The van der Waals surface area contributed by atoms with Crippen LogP contribution in [-0.2, 0) is 4.74 Å². The third-order valence-electron chi connectivity index (χ3n) is 9.24. The Morgan fingerprint density at radius 2 is 0.840 bits per heavy atom. The van der Waals surface area contributed by atoms with Crippen molar-refractivity contribution in [2.45, 2.75) is 109 Å². The Labute approximate surface area is 160 Å². The molecular formula is C24H50O. The summed E-state index contributed by atoms with van der Waals surface area (Å²) in [7, 11) is 0. The van der Waals surface area contributed by atoms with E-state index in [1.807, 2.05) is 0 Å². The van der Waals surface area contributed by atoms with Gasteiger partial charge in [0.1, 0.15) is 0 Å². The third-order valence-corrected chi connectivity index (χ3v) is 9.24. The lowest BCUT2D eigenvalue weighted by Gasteiger charge is -2.49. The smallest absolute Gasteiger partial charge is 0.0497 e. The van der Waals surface area contributed by atoms with E-state index >= 15 is 0 Å². The summed E-state index contributed by atoms with van der Waals surface area (Å²) in [5, 5.41) is 0. The summed E-state index contributed by atoms with van der Waals surface area (Å²) < 4.78 is 6.33. The predicted molar refractivity (Wildman–Crippen MR) is 114 cm³/mol. The second-order valence-corrected chi connectivity index (χ2v) is 10.4. The molecule has 0 radical (unpaired) electrons. The standard InChI is InChI=1S/C24H50O/c1-13-21(7,8)23(11,15-3)19(5)17-25-18-20(6)24(12,16-4)22(9,10)14-2/h19-20H,13-18H2,1-12H3. The molecule has 0 heterocycles. The molecule has 0 aromatic heterocycles. The van der Waals surface area contributed by atoms with Crippen LogP contribution in [0.25, 0.3) is 0 Å². The van der Waals surface area contributed by atoms with Gasteiger partial charge in [-0.15, -0.1) is 0 Å². The molecule has 0 rings (SSSR count). The molecule has 25 heavy (non-hydrogen) atoms. The maximum Gasteiger partial charge on any atom is 0.0497 e. The van der Waals surface area contributed by atoms with Gasteiger partial charge in [-0.25, -0.2) is 0 Å². The summed E-state index contributed by atoms with van der Waals surface area (Å²) in [6.07, 6.45) is 4.86. The Hall–Kier alpha value is -0.0400. The summed E-state index contributed by atoms with van der Waals surface area (Å²) in [6.45, 7) is 30.5. The first-order valence-corrected chi connectivity index (χ1v) is 10.9. The first-order chi connectivity index (χ1) is 11.3. The maximum absolute atomic E-state index is 6.33. The van der Waals surface area contributed by atoms with Gasteiger partial charge in [-0.2, -0.15) is 0 Å². The molecule has 0 saturated heterocycles. The minimum Gasteiger partial charge on any atom is -0.381 e. The fourth-order valence-corrected chi connectivity index (χ4v) is 4.59. The van der Waals surface area contributed by atoms with Crippen LogP contribution >= 0.6 is 0 Å². The van der Waals surface area contributed by atoms with Crippen molar-refractivity contribution in [3.8, 4) is 0 Å². The van der Waals surface area contributed by atoms with Gasteiger partial charge in [0.05, 0.1) is 0 Å². The minimum atomic E-state index is 0.321. The van der Waals surface area contributed by atoms with Crippen molar-refractivity contribution in [2.24, 2.45) is 33.5 Å². The van der Waals surface area contributed by atoms with Crippen molar-refractivity contribution in [1.82, 2.24) is 0 Å². The highest BCUT2D eigenvalue weighted by Gasteiger charge is 2.44. The number of hydrogen-bond donors (Lipinski definition) is 0. The highest BCUT2D eigenvalue weighted by atomic mass is 16.5. The van der Waals surface area contributed by atoms with Gasteiger partial charge in [-0.1, -0.05) is 95.9 Å². The summed E-state index contributed by atoms with van der Waals surface area (Å²) in [5.41, 5.74) is 1.33. The van der Waals surface area contributed by atoms with E-state index in [-0.39, 0.29) is 0 Å². The monoisotopic (exact) mass is 354 g/mol. The molecule has 0 fully saturated rings. The van der Waals surface area contributed by atoms with E-state index in [0.29, 0.717) is 33.5 Å². The zero-order valence-corrected chi connectivity index (χ0v) is 19.8. The minimum absolute atomic E-state index is 0.321. The Morgan fingerprint density at radius 1 is 0.560 bits per heavy atom. The Balaban J connectivity index is 4.95. The molecule has 4 unspecified atom stereocenters. The predicted octanol–water partition coefficient (Wildman–Crippen LogP) is 7.98. The molecule has 0 bridgehead atoms. The van der Waals surface area contributed by atoms with E-state index in [1.54, 1.807) is 0 Å². The molecule has 0 N–H and O–H groups in total. The number of rotatable bonds is 12. The fraction of sp³-hybridized carbons (Fsp3) is 1.00. The summed E-state index contributed by atoms with van der Waals surface area (Å²) >= 11 is 0. The topological polar surface area (TPSA) is 9.23 Å². The van der Waals surface area contributed by atoms with Crippen LogP contribution < -0.4 is 0 Å². The zero-order valence-electron chi connectivity index (χ0n) is 19.8. The van der Waals surface area contributed by atoms with Crippen LogP contribution in [-0.4, -0.2) is 13.2 Å². The normalized spacial score (nSPS) is 20.6. The second kappa shape index (κ2) is 9.25. The van der Waals surface area contributed by atoms with Crippen molar-refractivity contribution < 1.29 is 4.74 Å². The molecule has 0 aliphatic rings. The van der Waals surface area contributed by atoms with Crippen LogP contribution in [0.5, 0.6) is 0 Å². The second-order valence-electron chi connectivity index (χ2n) is 10.4. The van der Waals surface area contributed by atoms with Crippen molar-refractivity contribution >= 4 is 0 Å². The van der Waals surface area contributed by atoms with Crippen molar-refractivity contribution in [2.75, 3.05) is 13.2 Å². The molecule has 0 saturated carbocycles. The van der Waals surface area contributed by atoms with Gasteiger partial charge in [-0.3, -0.25) is 0 Å². The molecule has 0 aromatic rings. The van der Waals surface area contributed by atoms with Gasteiger partial charge in [0.25, 0.3) is 0 Å². The molecule has 0 amide bonds. The average Bonchev–Trinajstić information content (AvgIpc) is 2.59. The first-order valence-electron chi connectivity index (χ1n) is 10.9. The average molecular weight is 355 g/mol. The zero-order chi connectivity index (χ0) is 20.1. The maximum atomic E-state index is 6.33. The summed E-state index contributed by atoms with van der Waals surface area (Å²) in [6, 6.07) is 0. The Bertz CT molecular complexity index is 348. The molecule has 0 aromatic carbocycles. The Morgan fingerprint density at radius 3 is 1.04 bits per heavy atom. The van der Waals surface area contributed by atoms with E-state index in [0.717, 1.165) is 13.2 Å².